The average molecular weight is 298 g/mol. The molecule has 0 saturated carbocycles. The molecule has 21 heavy (non-hydrogen) atoms. The van der Waals surface area contributed by atoms with Crippen LogP contribution in [0.5, 0.6) is 0 Å². The van der Waals surface area contributed by atoms with Crippen molar-refractivity contribution >= 4 is 0 Å². The highest BCUT2D eigenvalue weighted by atomic mass is 16.3. The summed E-state index contributed by atoms with van der Waals surface area (Å²) in [6.45, 7) is 4.49. The van der Waals surface area contributed by atoms with Gasteiger partial charge in [0.25, 0.3) is 0 Å². The van der Waals surface area contributed by atoms with Gasteiger partial charge in [-0.3, -0.25) is 0 Å². The van der Waals surface area contributed by atoms with Crippen LogP contribution >= 0.6 is 0 Å². The van der Waals surface area contributed by atoms with E-state index in [0.29, 0.717) is 0 Å². The zero-order valence-corrected chi connectivity index (χ0v) is 14.7. The van der Waals surface area contributed by atoms with Crippen LogP contribution in [0.1, 0.15) is 96.8 Å². The second-order valence-electron chi connectivity index (χ2n) is 7.31. The van der Waals surface area contributed by atoms with Crippen molar-refractivity contribution in [3.8, 4) is 0 Å². The van der Waals surface area contributed by atoms with Gasteiger partial charge in [-0.05, 0) is 39.3 Å². The fraction of sp³-hybridized carbons (Fsp3) is 1.00. The molecule has 1 rings (SSSR count). The monoisotopic (exact) mass is 297 g/mol. The molecule has 1 saturated heterocycles. The molecule has 0 spiro atoms. The van der Waals surface area contributed by atoms with Crippen LogP contribution in [0.2, 0.25) is 0 Å². The van der Waals surface area contributed by atoms with E-state index in [1.165, 1.54) is 64.2 Å². The molecular weight excluding hydrogens is 258 g/mol. The molecule has 1 heterocycles. The topological polar surface area (TPSA) is 23.5 Å². The number of aliphatic hydroxyl groups is 1. The molecule has 2 heteroatoms. The highest BCUT2D eigenvalue weighted by Crippen LogP contribution is 2.27. The van der Waals surface area contributed by atoms with E-state index in [-0.39, 0.29) is 5.60 Å². The molecule has 0 aromatic heterocycles. The molecule has 0 aromatic rings. The van der Waals surface area contributed by atoms with E-state index in [9.17, 15) is 5.11 Å². The van der Waals surface area contributed by atoms with E-state index in [0.717, 1.165) is 38.8 Å². The van der Waals surface area contributed by atoms with E-state index in [2.05, 4.69) is 18.9 Å². The first-order valence-electron chi connectivity index (χ1n) is 9.57. The molecule has 1 unspecified atom stereocenters. The molecule has 1 aliphatic heterocycles. The highest BCUT2D eigenvalue weighted by molar-refractivity contribution is 4.82. The van der Waals surface area contributed by atoms with Gasteiger partial charge in [-0.25, -0.2) is 0 Å². The van der Waals surface area contributed by atoms with Crippen LogP contribution in [0.3, 0.4) is 0 Å². The van der Waals surface area contributed by atoms with Gasteiger partial charge in [0.15, 0.2) is 0 Å². The van der Waals surface area contributed by atoms with E-state index < -0.39 is 0 Å². The van der Waals surface area contributed by atoms with Gasteiger partial charge in [0.2, 0.25) is 0 Å². The van der Waals surface area contributed by atoms with Crippen molar-refractivity contribution in [3.05, 3.63) is 0 Å². The van der Waals surface area contributed by atoms with Gasteiger partial charge in [-0.1, -0.05) is 71.1 Å². The second kappa shape index (κ2) is 11.5. The Hall–Kier alpha value is -0.0800. The minimum absolute atomic E-state index is 0.356. The Bertz CT molecular complexity index is 244. The molecule has 0 bridgehead atoms. The number of unbranched alkanes of at least 4 members (excludes halogenated alkanes) is 9. The van der Waals surface area contributed by atoms with Crippen molar-refractivity contribution in [2.45, 2.75) is 102 Å². The summed E-state index contributed by atoms with van der Waals surface area (Å²) in [5.41, 5.74) is -0.356. The van der Waals surface area contributed by atoms with E-state index in [1.807, 2.05) is 0 Å². The van der Waals surface area contributed by atoms with Gasteiger partial charge in [0.05, 0.1) is 5.60 Å². The number of nitrogens with zero attached hydrogens (tertiary/aromatic N) is 1. The quantitative estimate of drug-likeness (QED) is 0.533. The summed E-state index contributed by atoms with van der Waals surface area (Å²) in [7, 11) is 2.17. The summed E-state index contributed by atoms with van der Waals surface area (Å²) in [5, 5.41) is 10.7. The standard InChI is InChI=1S/C19H39NO/c1-3-4-5-6-7-8-9-10-11-12-14-19(21)15-13-17-20(2)18-16-19/h21H,3-18H2,1-2H3. The van der Waals surface area contributed by atoms with E-state index in [1.54, 1.807) is 0 Å². The second-order valence-corrected chi connectivity index (χ2v) is 7.31. The fourth-order valence-electron chi connectivity index (χ4n) is 3.51. The Morgan fingerprint density at radius 2 is 1.38 bits per heavy atom. The van der Waals surface area contributed by atoms with Gasteiger partial charge >= 0.3 is 0 Å². The maximum atomic E-state index is 10.7. The third-order valence-electron chi connectivity index (χ3n) is 5.14. The van der Waals surface area contributed by atoms with Gasteiger partial charge < -0.3 is 10.0 Å². The van der Waals surface area contributed by atoms with Gasteiger partial charge in [0, 0.05) is 6.54 Å². The molecule has 0 aliphatic carbocycles. The lowest BCUT2D eigenvalue weighted by Crippen LogP contribution is -2.30. The summed E-state index contributed by atoms with van der Waals surface area (Å²) >= 11 is 0. The zero-order chi connectivity index (χ0) is 15.4. The molecule has 0 amide bonds. The Kier molecular flexibility index (Phi) is 10.4. The number of hydrogen-bond acceptors (Lipinski definition) is 2. The van der Waals surface area contributed by atoms with Crippen molar-refractivity contribution in [3.63, 3.8) is 0 Å². The average Bonchev–Trinajstić information content (AvgIpc) is 2.63. The predicted octanol–water partition coefficient (Wildman–Crippen LogP) is 5.14. The van der Waals surface area contributed by atoms with Crippen LogP contribution in [0, 0.1) is 0 Å². The molecule has 2 nitrogen and oxygen atoms in total. The molecule has 0 aromatic carbocycles. The lowest BCUT2D eigenvalue weighted by molar-refractivity contribution is 0.0151. The van der Waals surface area contributed by atoms with Crippen LogP contribution < -0.4 is 0 Å². The highest BCUT2D eigenvalue weighted by Gasteiger charge is 2.28. The summed E-state index contributed by atoms with van der Waals surface area (Å²) in [4.78, 5) is 2.36. The molecule has 1 aliphatic rings. The largest absolute Gasteiger partial charge is 0.390 e. The lowest BCUT2D eigenvalue weighted by atomic mass is 9.88. The molecule has 126 valence electrons. The maximum absolute atomic E-state index is 10.7. The van der Waals surface area contributed by atoms with Gasteiger partial charge in [0.1, 0.15) is 0 Å². The third kappa shape index (κ3) is 9.52. The first kappa shape index (κ1) is 19.0. The minimum Gasteiger partial charge on any atom is -0.390 e. The number of hydrogen-bond donors (Lipinski definition) is 1. The summed E-state index contributed by atoms with van der Waals surface area (Å²) in [6.07, 6.45) is 17.9. The number of likely N-dealkylation sites (tertiary alicyclic amines) is 1. The Morgan fingerprint density at radius 1 is 0.810 bits per heavy atom. The Morgan fingerprint density at radius 3 is 2.00 bits per heavy atom. The summed E-state index contributed by atoms with van der Waals surface area (Å²) in [5.74, 6) is 0. The first-order chi connectivity index (χ1) is 10.2. The van der Waals surface area contributed by atoms with Crippen molar-refractivity contribution in [1.82, 2.24) is 4.90 Å². The zero-order valence-electron chi connectivity index (χ0n) is 14.7. The van der Waals surface area contributed by atoms with Crippen LogP contribution in [0.15, 0.2) is 0 Å². The van der Waals surface area contributed by atoms with Crippen molar-refractivity contribution in [2.75, 3.05) is 20.1 Å². The smallest absolute Gasteiger partial charge is 0.0660 e. The molecule has 1 atom stereocenters. The molecular formula is C19H39NO. The van der Waals surface area contributed by atoms with Crippen LogP contribution in [0.4, 0.5) is 0 Å². The Balaban J connectivity index is 1.93. The summed E-state index contributed by atoms with van der Waals surface area (Å²) in [6, 6.07) is 0. The molecule has 1 N–H and O–H groups in total. The van der Waals surface area contributed by atoms with Gasteiger partial charge in [-0.2, -0.15) is 0 Å². The first-order valence-corrected chi connectivity index (χ1v) is 9.57. The van der Waals surface area contributed by atoms with Crippen molar-refractivity contribution in [1.29, 1.82) is 0 Å². The van der Waals surface area contributed by atoms with Crippen LogP contribution in [-0.4, -0.2) is 35.7 Å². The third-order valence-corrected chi connectivity index (χ3v) is 5.14. The van der Waals surface area contributed by atoms with Crippen molar-refractivity contribution in [2.24, 2.45) is 0 Å². The Labute approximate surface area is 133 Å². The van der Waals surface area contributed by atoms with E-state index in [4.69, 9.17) is 0 Å². The summed E-state index contributed by atoms with van der Waals surface area (Å²) < 4.78 is 0. The van der Waals surface area contributed by atoms with E-state index >= 15 is 0 Å². The van der Waals surface area contributed by atoms with Crippen LogP contribution in [0.25, 0.3) is 0 Å². The SMILES string of the molecule is CCCCCCCCCCCCC1(O)CCCN(C)CC1. The molecule has 0 radical (unpaired) electrons. The predicted molar refractivity (Wildman–Crippen MR) is 92.8 cm³/mol. The lowest BCUT2D eigenvalue weighted by Gasteiger charge is -2.26. The minimum atomic E-state index is -0.356. The maximum Gasteiger partial charge on any atom is 0.0660 e. The van der Waals surface area contributed by atoms with Gasteiger partial charge in [-0.15, -0.1) is 0 Å². The van der Waals surface area contributed by atoms with Crippen molar-refractivity contribution < 1.29 is 5.11 Å². The fourth-order valence-corrected chi connectivity index (χ4v) is 3.51. The molecule has 1 fully saturated rings. The number of rotatable bonds is 11. The van der Waals surface area contributed by atoms with Crippen LogP contribution in [-0.2, 0) is 0 Å². The normalized spacial score (nSPS) is 24.1.